The highest BCUT2D eigenvalue weighted by Gasteiger charge is 2.49. The molecule has 2 aromatic heterocycles. The second kappa shape index (κ2) is 7.43. The molecule has 10 nitrogen and oxygen atoms in total. The van der Waals surface area contributed by atoms with Gasteiger partial charge in [0.25, 0.3) is 11.5 Å². The molecule has 0 unspecified atom stereocenters. The Balaban J connectivity index is 1.59. The molecule has 154 valence electrons. The standard InChI is InChI=1S/C19H24N6O4/c1-12-20-9-13(17(27)23-12)18(28)24-7-4-19(5-8-24)16-14(21-11-22-16)3-6-25(19)15(26)10-29-2/h9,11H,3-8,10H2,1-2H3,(H,21,22)(H,20,23,27). The van der Waals surface area contributed by atoms with Gasteiger partial charge in [0.05, 0.1) is 17.6 Å². The van der Waals surface area contributed by atoms with Gasteiger partial charge in [-0.1, -0.05) is 0 Å². The van der Waals surface area contributed by atoms with Crippen LogP contribution in [-0.4, -0.2) is 74.9 Å². The number of nitrogens with one attached hydrogen (secondary N) is 2. The van der Waals surface area contributed by atoms with Crippen molar-refractivity contribution in [1.29, 1.82) is 0 Å². The summed E-state index contributed by atoms with van der Waals surface area (Å²) >= 11 is 0. The van der Waals surface area contributed by atoms with Crippen molar-refractivity contribution >= 4 is 11.8 Å². The number of aromatic amines is 2. The van der Waals surface area contributed by atoms with Crippen LogP contribution in [0.4, 0.5) is 0 Å². The van der Waals surface area contributed by atoms with Crippen LogP contribution in [0, 0.1) is 6.92 Å². The van der Waals surface area contributed by atoms with Gasteiger partial charge in [0.2, 0.25) is 5.91 Å². The first-order chi connectivity index (χ1) is 14.0. The molecule has 0 radical (unpaired) electrons. The van der Waals surface area contributed by atoms with E-state index in [-0.39, 0.29) is 24.0 Å². The van der Waals surface area contributed by atoms with Gasteiger partial charge in [-0.25, -0.2) is 9.97 Å². The van der Waals surface area contributed by atoms with Crippen LogP contribution in [0.5, 0.6) is 0 Å². The summed E-state index contributed by atoms with van der Waals surface area (Å²) < 4.78 is 5.07. The first-order valence-electron chi connectivity index (χ1n) is 9.63. The number of carbonyl (C=O) groups excluding carboxylic acids is 2. The van der Waals surface area contributed by atoms with Crippen molar-refractivity contribution in [3.05, 3.63) is 45.7 Å². The number of aryl methyl sites for hydroxylation is 1. The van der Waals surface area contributed by atoms with Crippen molar-refractivity contribution in [3.8, 4) is 0 Å². The van der Waals surface area contributed by atoms with Gasteiger partial charge in [0, 0.05) is 45.1 Å². The van der Waals surface area contributed by atoms with Gasteiger partial charge in [-0.3, -0.25) is 14.4 Å². The number of hydrogen-bond acceptors (Lipinski definition) is 6. The number of nitrogens with zero attached hydrogens (tertiary/aromatic N) is 4. The van der Waals surface area contributed by atoms with E-state index in [0.717, 1.165) is 11.4 Å². The molecule has 4 heterocycles. The molecule has 1 saturated heterocycles. The van der Waals surface area contributed by atoms with Crippen molar-refractivity contribution in [2.24, 2.45) is 0 Å². The van der Waals surface area contributed by atoms with Crippen LogP contribution in [0.25, 0.3) is 0 Å². The third-order valence-corrected chi connectivity index (χ3v) is 5.86. The van der Waals surface area contributed by atoms with Crippen LogP contribution in [0.1, 0.15) is 40.4 Å². The molecule has 2 amide bonds. The summed E-state index contributed by atoms with van der Waals surface area (Å²) in [6.07, 6.45) is 4.78. The number of rotatable bonds is 3. The third kappa shape index (κ3) is 3.23. The number of piperidine rings is 1. The van der Waals surface area contributed by atoms with Gasteiger partial charge in [0.15, 0.2) is 0 Å². The lowest BCUT2D eigenvalue weighted by atomic mass is 9.78. The molecule has 29 heavy (non-hydrogen) atoms. The average Bonchev–Trinajstić information content (AvgIpc) is 3.19. The van der Waals surface area contributed by atoms with Crippen molar-refractivity contribution in [1.82, 2.24) is 29.7 Å². The Hall–Kier alpha value is -3.01. The summed E-state index contributed by atoms with van der Waals surface area (Å²) in [4.78, 5) is 55.5. The van der Waals surface area contributed by atoms with Crippen molar-refractivity contribution < 1.29 is 14.3 Å². The smallest absolute Gasteiger partial charge is 0.263 e. The molecule has 2 aliphatic rings. The monoisotopic (exact) mass is 400 g/mol. The van der Waals surface area contributed by atoms with Crippen LogP contribution in [0.2, 0.25) is 0 Å². The number of aromatic nitrogens is 4. The molecule has 2 aromatic rings. The third-order valence-electron chi connectivity index (χ3n) is 5.86. The van der Waals surface area contributed by atoms with Crippen LogP contribution in [0.3, 0.4) is 0 Å². The lowest BCUT2D eigenvalue weighted by molar-refractivity contribution is -0.145. The van der Waals surface area contributed by atoms with E-state index >= 15 is 0 Å². The molecule has 1 spiro atoms. The SMILES string of the molecule is COCC(=O)N1CCc2[nH]cnc2C12CCN(C(=O)c1cnc(C)[nH]c1=O)CC2. The average molecular weight is 400 g/mol. The summed E-state index contributed by atoms with van der Waals surface area (Å²) in [5.74, 6) is 0.0336. The summed E-state index contributed by atoms with van der Waals surface area (Å²) in [6, 6.07) is 0. The number of methoxy groups -OCH3 is 1. The lowest BCUT2D eigenvalue weighted by Gasteiger charge is -2.50. The van der Waals surface area contributed by atoms with Crippen LogP contribution in [-0.2, 0) is 21.5 Å². The number of carbonyl (C=O) groups is 2. The highest BCUT2D eigenvalue weighted by Crippen LogP contribution is 2.42. The van der Waals surface area contributed by atoms with Gasteiger partial charge < -0.3 is 24.5 Å². The molecule has 0 atom stereocenters. The van der Waals surface area contributed by atoms with Gasteiger partial charge >= 0.3 is 0 Å². The van der Waals surface area contributed by atoms with E-state index in [1.165, 1.54) is 13.3 Å². The van der Waals surface area contributed by atoms with Crippen LogP contribution < -0.4 is 5.56 Å². The Bertz CT molecular complexity index is 989. The fraction of sp³-hybridized carbons (Fsp3) is 0.526. The van der Waals surface area contributed by atoms with Gasteiger partial charge in [-0.05, 0) is 19.8 Å². The maximum atomic E-state index is 12.9. The summed E-state index contributed by atoms with van der Waals surface area (Å²) in [6.45, 7) is 3.07. The Morgan fingerprint density at radius 1 is 1.24 bits per heavy atom. The minimum Gasteiger partial charge on any atom is -0.375 e. The predicted octanol–water partition coefficient (Wildman–Crippen LogP) is -0.0360. The Labute approximate surface area is 167 Å². The topological polar surface area (TPSA) is 124 Å². The Kier molecular flexibility index (Phi) is 4.95. The summed E-state index contributed by atoms with van der Waals surface area (Å²) in [5.41, 5.74) is 0.924. The van der Waals surface area contributed by atoms with Gasteiger partial charge in [0.1, 0.15) is 18.0 Å². The molecule has 1 fully saturated rings. The maximum absolute atomic E-state index is 12.9. The molecule has 2 N–H and O–H groups in total. The maximum Gasteiger partial charge on any atom is 0.263 e. The highest BCUT2D eigenvalue weighted by atomic mass is 16.5. The molecule has 2 aliphatic heterocycles. The first-order valence-corrected chi connectivity index (χ1v) is 9.63. The number of imidazole rings is 1. The Morgan fingerprint density at radius 2 is 2.00 bits per heavy atom. The van der Waals surface area contributed by atoms with E-state index in [2.05, 4.69) is 19.9 Å². The predicted molar refractivity (Wildman–Crippen MR) is 102 cm³/mol. The zero-order chi connectivity index (χ0) is 20.6. The number of likely N-dealkylation sites (tertiary alicyclic amines) is 1. The zero-order valence-corrected chi connectivity index (χ0v) is 16.5. The normalized spacial score (nSPS) is 18.0. The molecule has 0 bridgehead atoms. The van der Waals surface area contributed by atoms with E-state index < -0.39 is 11.1 Å². The summed E-state index contributed by atoms with van der Waals surface area (Å²) in [5, 5.41) is 0. The van der Waals surface area contributed by atoms with Crippen LogP contribution in [0.15, 0.2) is 17.3 Å². The molecular weight excluding hydrogens is 376 g/mol. The van der Waals surface area contributed by atoms with E-state index in [0.29, 0.717) is 44.7 Å². The second-order valence-electron chi connectivity index (χ2n) is 7.49. The van der Waals surface area contributed by atoms with Gasteiger partial charge in [-0.15, -0.1) is 0 Å². The van der Waals surface area contributed by atoms with E-state index in [9.17, 15) is 14.4 Å². The number of ether oxygens (including phenoxy) is 1. The number of hydrogen-bond donors (Lipinski definition) is 2. The minimum absolute atomic E-state index is 0.00850. The van der Waals surface area contributed by atoms with Crippen LogP contribution >= 0.6 is 0 Å². The largest absolute Gasteiger partial charge is 0.375 e. The molecule has 0 aromatic carbocycles. The second-order valence-corrected chi connectivity index (χ2v) is 7.49. The van der Waals surface area contributed by atoms with Crippen molar-refractivity contribution in [2.45, 2.75) is 31.7 Å². The quantitative estimate of drug-likeness (QED) is 0.745. The lowest BCUT2D eigenvalue weighted by Crippen LogP contribution is -2.59. The fourth-order valence-electron chi connectivity index (χ4n) is 4.44. The molecular formula is C19H24N6O4. The number of amides is 2. The Morgan fingerprint density at radius 3 is 2.69 bits per heavy atom. The van der Waals surface area contributed by atoms with Gasteiger partial charge in [-0.2, -0.15) is 0 Å². The zero-order valence-electron chi connectivity index (χ0n) is 16.5. The van der Waals surface area contributed by atoms with Crippen molar-refractivity contribution in [3.63, 3.8) is 0 Å². The molecule has 0 saturated carbocycles. The number of fused-ring (bicyclic) bond motifs is 2. The molecule has 0 aliphatic carbocycles. The number of H-pyrrole nitrogens is 2. The van der Waals surface area contributed by atoms with E-state index in [4.69, 9.17) is 4.74 Å². The molecule has 4 rings (SSSR count). The fourth-order valence-corrected chi connectivity index (χ4v) is 4.44. The molecule has 10 heteroatoms. The highest BCUT2D eigenvalue weighted by molar-refractivity contribution is 5.93. The summed E-state index contributed by atoms with van der Waals surface area (Å²) in [7, 11) is 1.50. The van der Waals surface area contributed by atoms with E-state index in [1.54, 1.807) is 18.2 Å². The first kappa shape index (κ1) is 19.3. The van der Waals surface area contributed by atoms with Crippen molar-refractivity contribution in [2.75, 3.05) is 33.4 Å². The van der Waals surface area contributed by atoms with E-state index in [1.807, 2.05) is 4.90 Å². The minimum atomic E-state index is -0.572.